The molecule has 0 heterocycles. The van der Waals surface area contributed by atoms with E-state index in [-0.39, 0.29) is 10.8 Å². The molecule has 2 aliphatic rings. The Balaban J connectivity index is 0.595. The van der Waals surface area contributed by atoms with E-state index in [9.17, 15) is 0 Å². The van der Waals surface area contributed by atoms with Crippen molar-refractivity contribution in [3.63, 3.8) is 0 Å². The van der Waals surface area contributed by atoms with Gasteiger partial charge in [0.25, 0.3) is 0 Å². The number of rotatable bonds is 20. The quantitative estimate of drug-likeness (QED) is 0.0450. The van der Waals surface area contributed by atoms with E-state index in [2.05, 4.69) is 330 Å². The fourth-order valence-electron chi connectivity index (χ4n) is 14.4. The maximum atomic E-state index is 6.32. The molecule has 12 aromatic rings. The Labute approximate surface area is 536 Å². The van der Waals surface area contributed by atoms with Crippen LogP contribution in [0.5, 0.6) is 11.5 Å². The van der Waals surface area contributed by atoms with Gasteiger partial charge >= 0.3 is 0 Å². The van der Waals surface area contributed by atoms with E-state index in [0.717, 1.165) is 47.2 Å². The summed E-state index contributed by atoms with van der Waals surface area (Å²) in [5, 5.41) is 10.8. The molecule has 0 saturated carbocycles. The summed E-state index contributed by atoms with van der Waals surface area (Å²) < 4.78 is 12.6. The fourth-order valence-corrected chi connectivity index (χ4v) is 14.4. The van der Waals surface area contributed by atoms with Crippen molar-refractivity contribution in [2.24, 2.45) is 0 Å². The van der Waals surface area contributed by atoms with Crippen LogP contribution in [0.15, 0.2) is 291 Å². The Kier molecular flexibility index (Phi) is 15.4. The van der Waals surface area contributed by atoms with Crippen LogP contribution in [0.25, 0.3) is 22.3 Å². The van der Waals surface area contributed by atoms with E-state index in [1.165, 1.54) is 100 Å². The standard InChI is InChI=1S/C85H76N4O2/c1-58-22-26-60(27-23-58)82(2,3)62-38-50-72(51-39-62)90-56-88-70-46-34-66(35-47-70)85(80-20-12-8-16-76(80)77-17-9-13-21-81(77)85)67-36-48-71(49-37-67)89-57-91-73-52-40-63(41-53-73)83(4,5)61-28-24-59(25-29-61)54-55-87-69-44-32-65(33-45-69)84(64-30-42-68(86)43-31-64)78-18-10-6-14-74(78)75-15-7-11-19-79(75)84/h6-53,87-89H,54-57,86H2,1-5H3. The average molecular weight is 1190 g/mol. The van der Waals surface area contributed by atoms with Crippen molar-refractivity contribution in [2.75, 3.05) is 41.7 Å². The third-order valence-corrected chi connectivity index (χ3v) is 19.6. The number of nitrogen functional groups attached to an aromatic ring is 1. The second kappa shape index (κ2) is 24.1. The molecule has 0 aliphatic heterocycles. The molecule has 91 heavy (non-hydrogen) atoms. The van der Waals surface area contributed by atoms with Gasteiger partial charge in [-0.2, -0.15) is 0 Å². The SMILES string of the molecule is Cc1ccc(C(C)(C)c2ccc(OCNc3ccc(C4(c5ccc(NCOc6ccc(C(C)(C)c7ccc(CCNc8ccc(C9(c%10ccc(N)cc%10)c%10ccccc%10-c%10ccccc%109)cc8)cc7)cc6)cc5)c5ccccc5-c5ccccc54)cc3)cc2)cc1. The number of hydrogen-bond donors (Lipinski definition) is 4. The lowest BCUT2D eigenvalue weighted by Gasteiger charge is -2.34. The highest BCUT2D eigenvalue weighted by Gasteiger charge is 2.47. The van der Waals surface area contributed by atoms with Crippen molar-refractivity contribution in [2.45, 2.75) is 62.7 Å². The van der Waals surface area contributed by atoms with E-state index in [4.69, 9.17) is 15.2 Å². The van der Waals surface area contributed by atoms with Crippen LogP contribution in [-0.4, -0.2) is 20.0 Å². The van der Waals surface area contributed by atoms with Crippen molar-refractivity contribution in [3.8, 4) is 33.8 Å². The first-order valence-corrected chi connectivity index (χ1v) is 31.8. The third kappa shape index (κ3) is 10.7. The smallest absolute Gasteiger partial charge is 0.159 e. The van der Waals surface area contributed by atoms with Gasteiger partial charge in [-0.3, -0.25) is 0 Å². The van der Waals surface area contributed by atoms with Crippen molar-refractivity contribution < 1.29 is 9.47 Å². The number of anilines is 4. The topological polar surface area (TPSA) is 80.6 Å². The summed E-state index contributed by atoms with van der Waals surface area (Å²) in [6, 6.07) is 106. The van der Waals surface area contributed by atoms with Crippen LogP contribution in [-0.2, 0) is 28.1 Å². The molecule has 0 radical (unpaired) electrons. The Hall–Kier alpha value is -10.6. The van der Waals surface area contributed by atoms with Gasteiger partial charge in [-0.1, -0.05) is 252 Å². The maximum absolute atomic E-state index is 6.32. The van der Waals surface area contributed by atoms with Crippen LogP contribution in [0, 0.1) is 6.92 Å². The summed E-state index contributed by atoms with van der Waals surface area (Å²) in [4.78, 5) is 0. The molecule has 0 fully saturated rings. The Morgan fingerprint density at radius 1 is 0.330 bits per heavy atom. The van der Waals surface area contributed by atoms with E-state index >= 15 is 0 Å². The van der Waals surface area contributed by atoms with Crippen LogP contribution in [0.4, 0.5) is 22.7 Å². The van der Waals surface area contributed by atoms with E-state index in [0.29, 0.717) is 13.5 Å². The zero-order valence-corrected chi connectivity index (χ0v) is 52.4. The summed E-state index contributed by atoms with van der Waals surface area (Å²) >= 11 is 0. The molecular weight excluding hydrogens is 1110 g/mol. The zero-order valence-electron chi connectivity index (χ0n) is 52.4. The molecule has 0 spiro atoms. The molecule has 0 bridgehead atoms. The van der Waals surface area contributed by atoms with Crippen LogP contribution < -0.4 is 31.2 Å². The first-order valence-electron chi connectivity index (χ1n) is 31.8. The number of fused-ring (bicyclic) bond motifs is 6. The van der Waals surface area contributed by atoms with Crippen molar-refractivity contribution in [1.82, 2.24) is 0 Å². The van der Waals surface area contributed by atoms with Gasteiger partial charge in [-0.05, 0) is 181 Å². The van der Waals surface area contributed by atoms with Gasteiger partial charge in [0.15, 0.2) is 13.5 Å². The lowest BCUT2D eigenvalue weighted by Crippen LogP contribution is -2.28. The van der Waals surface area contributed by atoms with Crippen molar-refractivity contribution in [3.05, 3.63) is 369 Å². The number of aryl methyl sites for hydroxylation is 1. The number of nitrogens with one attached hydrogen (secondary N) is 3. The number of benzene rings is 12. The number of ether oxygens (including phenoxy) is 2. The van der Waals surface area contributed by atoms with E-state index < -0.39 is 10.8 Å². The minimum atomic E-state index is -0.529. The Morgan fingerprint density at radius 3 is 0.978 bits per heavy atom. The molecule has 0 atom stereocenters. The molecule has 0 saturated heterocycles. The number of hydrogen-bond acceptors (Lipinski definition) is 6. The predicted octanol–water partition coefficient (Wildman–Crippen LogP) is 19.5. The molecule has 6 heteroatoms. The summed E-state index contributed by atoms with van der Waals surface area (Å²) in [6.45, 7) is 12.7. The second-order valence-corrected chi connectivity index (χ2v) is 25.5. The van der Waals surface area contributed by atoms with Gasteiger partial charge in [0.1, 0.15) is 11.5 Å². The first-order chi connectivity index (χ1) is 44.4. The summed E-state index contributed by atoms with van der Waals surface area (Å²) in [6.07, 6.45) is 0.906. The van der Waals surface area contributed by atoms with Gasteiger partial charge in [0.05, 0.1) is 10.8 Å². The third-order valence-electron chi connectivity index (χ3n) is 19.6. The molecule has 5 N–H and O–H groups in total. The maximum Gasteiger partial charge on any atom is 0.159 e. The van der Waals surface area contributed by atoms with Crippen LogP contribution in [0.1, 0.15) is 106 Å². The van der Waals surface area contributed by atoms with Crippen LogP contribution in [0.2, 0.25) is 0 Å². The monoisotopic (exact) mass is 1180 g/mol. The summed E-state index contributed by atoms with van der Waals surface area (Å²) in [5.41, 5.74) is 31.4. The molecule has 6 nitrogen and oxygen atoms in total. The van der Waals surface area contributed by atoms with Crippen LogP contribution in [0.3, 0.4) is 0 Å². The normalized spacial score (nSPS) is 13.3. The fraction of sp³-hybridized carbons (Fsp3) is 0.153. The molecule has 0 unspecified atom stereocenters. The second-order valence-electron chi connectivity index (χ2n) is 25.5. The highest BCUT2D eigenvalue weighted by molar-refractivity contribution is 5.88. The van der Waals surface area contributed by atoms with Gasteiger partial charge in [-0.25, -0.2) is 0 Å². The summed E-state index contributed by atoms with van der Waals surface area (Å²) in [5.74, 6) is 1.64. The van der Waals surface area contributed by atoms with Gasteiger partial charge in [0, 0.05) is 40.1 Å². The van der Waals surface area contributed by atoms with Crippen molar-refractivity contribution in [1.29, 1.82) is 0 Å². The zero-order chi connectivity index (χ0) is 62.2. The van der Waals surface area contributed by atoms with Gasteiger partial charge < -0.3 is 31.2 Å². The molecular formula is C85H76N4O2. The molecule has 2 aliphatic carbocycles. The molecule has 12 aromatic carbocycles. The van der Waals surface area contributed by atoms with E-state index in [1.54, 1.807) is 0 Å². The van der Waals surface area contributed by atoms with E-state index in [1.807, 2.05) is 12.1 Å². The van der Waals surface area contributed by atoms with Crippen molar-refractivity contribution >= 4 is 22.7 Å². The molecule has 0 amide bonds. The lowest BCUT2D eigenvalue weighted by molar-refractivity contribution is 0.346. The highest BCUT2D eigenvalue weighted by Crippen LogP contribution is 2.58. The number of nitrogens with two attached hydrogens (primary N) is 1. The minimum Gasteiger partial charge on any atom is -0.473 e. The molecule has 448 valence electrons. The van der Waals surface area contributed by atoms with Crippen LogP contribution >= 0.6 is 0 Å². The first kappa shape index (κ1) is 58.1. The van der Waals surface area contributed by atoms with Gasteiger partial charge in [-0.15, -0.1) is 0 Å². The summed E-state index contributed by atoms with van der Waals surface area (Å²) in [7, 11) is 0. The largest absolute Gasteiger partial charge is 0.473 e. The Bertz CT molecular complexity index is 4420. The predicted molar refractivity (Wildman–Crippen MR) is 377 cm³/mol. The van der Waals surface area contributed by atoms with Gasteiger partial charge in [0.2, 0.25) is 0 Å². The average Bonchev–Trinajstić information content (AvgIpc) is 1.57. The minimum absolute atomic E-state index is 0.117. The molecule has 14 rings (SSSR count). The molecule has 0 aromatic heterocycles. The highest BCUT2D eigenvalue weighted by atomic mass is 16.5. The lowest BCUT2D eigenvalue weighted by atomic mass is 9.67. The Morgan fingerprint density at radius 2 is 0.626 bits per heavy atom.